The van der Waals surface area contributed by atoms with E-state index in [1.54, 1.807) is 24.3 Å². The number of benzene rings is 3. The van der Waals surface area contributed by atoms with Crippen LogP contribution < -0.4 is 5.32 Å². The van der Waals surface area contributed by atoms with Crippen LogP contribution in [-0.2, 0) is 25.7 Å². The number of amides is 2. The van der Waals surface area contributed by atoms with Crippen LogP contribution in [0.4, 0.5) is 18.9 Å². The Morgan fingerprint density at radius 3 is 2.30 bits per heavy atom. The number of likely N-dealkylation sites (tertiary alicyclic amines) is 1. The quantitative estimate of drug-likeness (QED) is 0.273. The van der Waals surface area contributed by atoms with E-state index in [1.807, 2.05) is 73.5 Å². The Balaban J connectivity index is 1.29. The topological polar surface area (TPSA) is 112 Å². The van der Waals surface area contributed by atoms with Crippen molar-refractivity contribution < 1.29 is 42.4 Å². The molecule has 2 aliphatic heterocycles. The van der Waals surface area contributed by atoms with Gasteiger partial charge in [0.05, 0.1) is 24.9 Å². The van der Waals surface area contributed by atoms with Crippen LogP contribution in [0.3, 0.4) is 0 Å². The molecule has 9 nitrogen and oxygen atoms in total. The third-order valence-electron chi connectivity index (χ3n) is 8.91. The first kappa shape index (κ1) is 34.5. The van der Waals surface area contributed by atoms with Crippen LogP contribution in [0.5, 0.6) is 0 Å². The maximum absolute atomic E-state index is 13.0. The number of hydrogen-bond donors (Lipinski definition) is 3. The van der Waals surface area contributed by atoms with Crippen LogP contribution in [-0.4, -0.2) is 76.3 Å². The van der Waals surface area contributed by atoms with Crippen molar-refractivity contribution in [3.05, 3.63) is 101 Å². The summed E-state index contributed by atoms with van der Waals surface area (Å²) in [4.78, 5) is 27.3. The van der Waals surface area contributed by atoms with Crippen molar-refractivity contribution in [2.24, 2.45) is 0 Å². The molecule has 0 unspecified atom stereocenters. The average molecular weight is 656 g/mol. The Bertz CT molecular complexity index is 1490. The minimum Gasteiger partial charge on any atom is -0.392 e. The lowest BCUT2D eigenvalue weighted by Crippen LogP contribution is -2.48. The largest absolute Gasteiger partial charge is 0.471 e. The summed E-state index contributed by atoms with van der Waals surface area (Å²) in [6.45, 7) is 2.25. The first-order valence-electron chi connectivity index (χ1n) is 15.7. The average Bonchev–Trinajstić information content (AvgIpc) is 3.57. The lowest BCUT2D eigenvalue weighted by atomic mass is 9.98. The molecular formula is C35H40F3N3O6. The second-order valence-corrected chi connectivity index (χ2v) is 12.2. The zero-order chi connectivity index (χ0) is 33.7. The Morgan fingerprint density at radius 1 is 1.00 bits per heavy atom. The SMILES string of the molecule is C[C@@H]([C@H](O)c1ccccc1)N(C)C[C@@H]1C[C@H](c2ccc(CO)cc2)O[C@H](c2ccc(NC(=O)[C@@H]3CCCN3C(=O)C(F)(F)F)cc2)O1. The molecule has 2 heterocycles. The maximum atomic E-state index is 13.0. The summed E-state index contributed by atoms with van der Waals surface area (Å²) in [5.41, 5.74) is 3.54. The molecule has 2 fully saturated rings. The van der Waals surface area contributed by atoms with Gasteiger partial charge in [-0.2, -0.15) is 13.2 Å². The molecule has 2 amide bonds. The lowest BCUT2D eigenvalue weighted by Gasteiger charge is -2.39. The predicted molar refractivity (Wildman–Crippen MR) is 168 cm³/mol. The fourth-order valence-corrected chi connectivity index (χ4v) is 6.08. The van der Waals surface area contributed by atoms with Gasteiger partial charge >= 0.3 is 12.1 Å². The molecule has 3 aromatic rings. The van der Waals surface area contributed by atoms with Crippen LogP contribution in [0.2, 0.25) is 0 Å². The molecule has 0 radical (unpaired) electrons. The van der Waals surface area contributed by atoms with Gasteiger partial charge in [-0.15, -0.1) is 0 Å². The van der Waals surface area contributed by atoms with Crippen molar-refractivity contribution in [1.29, 1.82) is 0 Å². The number of aliphatic hydroxyl groups is 2. The van der Waals surface area contributed by atoms with E-state index >= 15 is 0 Å². The van der Waals surface area contributed by atoms with E-state index in [1.165, 1.54) is 0 Å². The lowest BCUT2D eigenvalue weighted by molar-refractivity contribution is -0.253. The van der Waals surface area contributed by atoms with Crippen LogP contribution >= 0.6 is 0 Å². The van der Waals surface area contributed by atoms with Gasteiger partial charge in [0.25, 0.3) is 0 Å². The Labute approximate surface area is 271 Å². The van der Waals surface area contributed by atoms with Gasteiger partial charge in [0.1, 0.15) is 6.04 Å². The minimum atomic E-state index is -5.05. The van der Waals surface area contributed by atoms with Gasteiger partial charge in [0.2, 0.25) is 5.91 Å². The monoisotopic (exact) mass is 655 g/mol. The zero-order valence-electron chi connectivity index (χ0n) is 26.3. The standard InChI is InChI=1S/C35H40F3N3O6/c1-22(31(43)25-7-4-3-5-8-25)40(2)20-28-19-30(24-12-10-23(21-42)11-13-24)47-33(46-28)26-14-16-27(17-15-26)39-32(44)29-9-6-18-41(29)34(45)35(36,37)38/h3-5,7-8,10-17,22,28-31,33,42-43H,6,9,18-21H2,1-2H3,(H,39,44)/t22-,28-,29-,30+,31-,33+/m0/s1. The summed E-state index contributed by atoms with van der Waals surface area (Å²) in [6, 6.07) is 22.2. The molecule has 0 saturated carbocycles. The van der Waals surface area contributed by atoms with Gasteiger partial charge in [0.15, 0.2) is 6.29 Å². The minimum absolute atomic E-state index is 0.0765. The molecule has 3 N–H and O–H groups in total. The number of halogens is 3. The Morgan fingerprint density at radius 2 is 1.66 bits per heavy atom. The Hall–Kier alpha value is -3.81. The highest BCUT2D eigenvalue weighted by molar-refractivity contribution is 5.98. The Kier molecular flexibility index (Phi) is 11.0. The van der Waals surface area contributed by atoms with E-state index in [4.69, 9.17) is 9.47 Å². The van der Waals surface area contributed by atoms with E-state index in [0.717, 1.165) is 16.7 Å². The highest BCUT2D eigenvalue weighted by Gasteiger charge is 2.47. The number of hydrogen-bond acceptors (Lipinski definition) is 7. The zero-order valence-corrected chi connectivity index (χ0v) is 26.3. The molecule has 0 aliphatic carbocycles. The van der Waals surface area contributed by atoms with Gasteiger partial charge in [0, 0.05) is 36.8 Å². The number of anilines is 1. The van der Waals surface area contributed by atoms with Gasteiger partial charge in [-0.05, 0) is 55.6 Å². The summed E-state index contributed by atoms with van der Waals surface area (Å²) in [5, 5.41) is 23.1. The predicted octanol–water partition coefficient (Wildman–Crippen LogP) is 5.27. The summed E-state index contributed by atoms with van der Waals surface area (Å²) in [7, 11) is 1.93. The van der Waals surface area contributed by atoms with Crippen LogP contribution in [0, 0.1) is 0 Å². The summed E-state index contributed by atoms with van der Waals surface area (Å²) >= 11 is 0. The first-order valence-corrected chi connectivity index (χ1v) is 15.7. The van der Waals surface area contributed by atoms with Gasteiger partial charge in [-0.1, -0.05) is 66.7 Å². The molecule has 252 valence electrons. The van der Waals surface area contributed by atoms with E-state index in [2.05, 4.69) is 5.32 Å². The first-order chi connectivity index (χ1) is 22.4. The van der Waals surface area contributed by atoms with Crippen molar-refractivity contribution >= 4 is 17.5 Å². The van der Waals surface area contributed by atoms with Crippen molar-refractivity contribution in [2.75, 3.05) is 25.5 Å². The molecule has 12 heteroatoms. The molecule has 0 aromatic heterocycles. The molecule has 2 saturated heterocycles. The maximum Gasteiger partial charge on any atom is 0.471 e. The van der Waals surface area contributed by atoms with Crippen LogP contribution in [0.1, 0.15) is 66.9 Å². The number of alkyl halides is 3. The number of aliphatic hydroxyl groups excluding tert-OH is 2. The number of nitrogens with zero attached hydrogens (tertiary/aromatic N) is 2. The molecular weight excluding hydrogens is 615 g/mol. The van der Waals surface area contributed by atoms with E-state index in [-0.39, 0.29) is 37.8 Å². The van der Waals surface area contributed by atoms with E-state index < -0.39 is 36.4 Å². The van der Waals surface area contributed by atoms with Crippen molar-refractivity contribution in [3.63, 3.8) is 0 Å². The smallest absolute Gasteiger partial charge is 0.392 e. The third kappa shape index (κ3) is 8.38. The highest BCUT2D eigenvalue weighted by atomic mass is 19.4. The van der Waals surface area contributed by atoms with Crippen LogP contribution in [0.15, 0.2) is 78.9 Å². The second-order valence-electron chi connectivity index (χ2n) is 12.2. The summed E-state index contributed by atoms with van der Waals surface area (Å²) in [5.74, 6) is -2.69. The molecule has 5 rings (SSSR count). The molecule has 2 aliphatic rings. The normalized spacial score (nSPS) is 23.0. The van der Waals surface area contributed by atoms with Gasteiger partial charge in [-0.25, -0.2) is 0 Å². The molecule has 6 atom stereocenters. The van der Waals surface area contributed by atoms with Crippen LogP contribution in [0.25, 0.3) is 0 Å². The van der Waals surface area contributed by atoms with E-state index in [9.17, 15) is 33.0 Å². The molecule has 3 aromatic carbocycles. The number of rotatable bonds is 10. The van der Waals surface area contributed by atoms with Crippen molar-refractivity contribution in [2.45, 2.75) is 75.7 Å². The van der Waals surface area contributed by atoms with Gasteiger partial charge in [-0.3, -0.25) is 14.5 Å². The van der Waals surface area contributed by atoms with E-state index in [0.29, 0.717) is 35.5 Å². The summed E-state index contributed by atoms with van der Waals surface area (Å²) < 4.78 is 51.9. The summed E-state index contributed by atoms with van der Waals surface area (Å²) in [6.07, 6.45) is -6.17. The van der Waals surface area contributed by atoms with Crippen molar-refractivity contribution in [3.8, 4) is 0 Å². The number of ether oxygens (including phenoxy) is 2. The second kappa shape index (κ2) is 15.0. The number of nitrogens with one attached hydrogen (secondary N) is 1. The number of carbonyl (C=O) groups excluding carboxylic acids is 2. The fourth-order valence-electron chi connectivity index (χ4n) is 6.08. The molecule has 0 spiro atoms. The van der Waals surface area contributed by atoms with Gasteiger partial charge < -0.3 is 29.9 Å². The molecule has 47 heavy (non-hydrogen) atoms. The highest BCUT2D eigenvalue weighted by Crippen LogP contribution is 2.39. The van der Waals surface area contributed by atoms with Crippen molar-refractivity contribution in [1.82, 2.24) is 9.80 Å². The fraction of sp³-hybridized carbons (Fsp3) is 0.429. The third-order valence-corrected chi connectivity index (χ3v) is 8.91. The number of likely N-dealkylation sites (N-methyl/N-ethyl adjacent to an activating group) is 1. The number of carbonyl (C=O) groups is 2. The molecule has 0 bridgehead atoms.